The number of hydrogen-bond acceptors (Lipinski definition) is 2. The number of ether oxygens (including phenoxy) is 1. The third-order valence-electron chi connectivity index (χ3n) is 3.53. The fourth-order valence-electron chi connectivity index (χ4n) is 2.27. The third kappa shape index (κ3) is 5.46. The second kappa shape index (κ2) is 11.0. The number of carbonyl (C=O) groups is 1. The van der Waals surface area contributed by atoms with Crippen molar-refractivity contribution in [3.63, 3.8) is 0 Å². The number of fused-ring (bicyclic) bond motifs is 1. The van der Waals surface area contributed by atoms with Crippen molar-refractivity contribution >= 4 is 5.91 Å². The summed E-state index contributed by atoms with van der Waals surface area (Å²) in [5.41, 5.74) is -0.746. The van der Waals surface area contributed by atoms with E-state index in [1.165, 1.54) is 11.8 Å². The van der Waals surface area contributed by atoms with Gasteiger partial charge in [-0.15, -0.1) is 0 Å². The van der Waals surface area contributed by atoms with Gasteiger partial charge >= 0.3 is 0 Å². The Hall–Kier alpha value is -1.65. The van der Waals surface area contributed by atoms with Crippen LogP contribution in [0.3, 0.4) is 0 Å². The van der Waals surface area contributed by atoms with Crippen LogP contribution in [0.25, 0.3) is 0 Å². The van der Waals surface area contributed by atoms with Gasteiger partial charge in [-0.3, -0.25) is 4.79 Å². The summed E-state index contributed by atoms with van der Waals surface area (Å²) < 4.78 is 31.8. The van der Waals surface area contributed by atoms with Gasteiger partial charge in [0.1, 0.15) is 30.6 Å². The monoisotopic (exact) mass is 343 g/mol. The fraction of sp³-hybridized carbons (Fsp3) is 0.632. The number of alkyl halides is 2. The number of hydrogen-bond donors (Lipinski definition) is 0. The first-order chi connectivity index (χ1) is 11.5. The van der Waals surface area contributed by atoms with Crippen molar-refractivity contribution in [3.8, 4) is 5.75 Å². The van der Waals surface area contributed by atoms with Gasteiger partial charge < -0.3 is 9.64 Å². The zero-order chi connectivity index (χ0) is 18.8. The molecule has 0 saturated heterocycles. The fourth-order valence-corrected chi connectivity index (χ4v) is 2.27. The van der Waals surface area contributed by atoms with E-state index >= 15 is 0 Å². The van der Waals surface area contributed by atoms with E-state index in [0.29, 0.717) is 13.1 Å². The molecule has 1 atom stereocenters. The predicted octanol–water partition coefficient (Wildman–Crippen LogP) is 4.79. The molecule has 0 bridgehead atoms. The zero-order valence-electron chi connectivity index (χ0n) is 15.7. The lowest BCUT2D eigenvalue weighted by molar-refractivity contribution is -0.144. The minimum absolute atomic E-state index is 0.217. The Labute approximate surface area is 145 Å². The van der Waals surface area contributed by atoms with Crippen LogP contribution < -0.4 is 4.74 Å². The highest BCUT2D eigenvalue weighted by Gasteiger charge is 2.38. The van der Waals surface area contributed by atoms with Crippen molar-refractivity contribution in [2.24, 2.45) is 5.41 Å². The minimum atomic E-state index is -1.60. The first kappa shape index (κ1) is 22.4. The van der Waals surface area contributed by atoms with Crippen molar-refractivity contribution < 1.29 is 18.3 Å². The molecule has 1 amide bonds. The first-order valence-electron chi connectivity index (χ1n) is 8.66. The summed E-state index contributed by atoms with van der Waals surface area (Å²) in [4.78, 5) is 13.9. The summed E-state index contributed by atoms with van der Waals surface area (Å²) in [5.74, 6) is 0.215. The maximum Gasteiger partial charge on any atom is 0.234 e. The second-order valence-electron chi connectivity index (χ2n) is 5.55. The number of nitrogens with zero attached hydrogens (tertiary/aromatic N) is 1. The lowest BCUT2D eigenvalue weighted by atomic mass is 9.92. The van der Waals surface area contributed by atoms with E-state index in [-0.39, 0.29) is 6.10 Å². The van der Waals surface area contributed by atoms with E-state index in [9.17, 15) is 13.6 Å². The molecular formula is C19H31F2NO2. The average Bonchev–Trinajstić information content (AvgIpc) is 2.81. The summed E-state index contributed by atoms with van der Waals surface area (Å²) in [6.45, 7) is 9.78. The Bertz CT molecular complexity index is 490. The third-order valence-corrected chi connectivity index (χ3v) is 3.53. The van der Waals surface area contributed by atoms with Gasteiger partial charge in [-0.25, -0.2) is 8.78 Å². The lowest BCUT2D eigenvalue weighted by Gasteiger charge is -2.30. The van der Waals surface area contributed by atoms with E-state index in [4.69, 9.17) is 4.74 Å². The van der Waals surface area contributed by atoms with Crippen molar-refractivity contribution in [2.75, 3.05) is 19.9 Å². The van der Waals surface area contributed by atoms with Crippen LogP contribution in [0.5, 0.6) is 5.75 Å². The van der Waals surface area contributed by atoms with E-state index in [2.05, 4.69) is 0 Å². The molecule has 1 heterocycles. The van der Waals surface area contributed by atoms with Gasteiger partial charge in [0.15, 0.2) is 0 Å². The summed E-state index contributed by atoms with van der Waals surface area (Å²) in [7, 11) is 0. The van der Waals surface area contributed by atoms with Crippen molar-refractivity contribution in [1.82, 2.24) is 4.90 Å². The van der Waals surface area contributed by atoms with E-state index in [1.807, 2.05) is 58.9 Å². The summed E-state index contributed by atoms with van der Waals surface area (Å²) in [6.07, 6.45) is -0.217. The molecule has 0 radical (unpaired) electrons. The van der Waals surface area contributed by atoms with E-state index in [1.54, 1.807) is 0 Å². The Morgan fingerprint density at radius 2 is 1.75 bits per heavy atom. The van der Waals surface area contributed by atoms with Crippen LogP contribution in [-0.4, -0.2) is 36.8 Å². The van der Waals surface area contributed by atoms with Gasteiger partial charge in [-0.05, 0) is 19.9 Å². The van der Waals surface area contributed by atoms with Gasteiger partial charge in [0.05, 0.1) is 6.54 Å². The molecule has 3 nitrogen and oxygen atoms in total. The largest absolute Gasteiger partial charge is 0.489 e. The smallest absolute Gasteiger partial charge is 0.234 e. The van der Waals surface area contributed by atoms with Gasteiger partial charge in [0, 0.05) is 12.1 Å². The number of amides is 1. The van der Waals surface area contributed by atoms with Gasteiger partial charge in [0.2, 0.25) is 5.91 Å². The molecule has 0 N–H and O–H groups in total. The maximum absolute atomic E-state index is 13.0. The molecule has 0 spiro atoms. The van der Waals surface area contributed by atoms with Crippen LogP contribution in [-0.2, 0) is 11.3 Å². The molecule has 5 heteroatoms. The first-order valence-corrected chi connectivity index (χ1v) is 8.66. The highest BCUT2D eigenvalue weighted by atomic mass is 19.1. The second-order valence-corrected chi connectivity index (χ2v) is 5.55. The quantitative estimate of drug-likeness (QED) is 0.789. The van der Waals surface area contributed by atoms with Crippen LogP contribution in [0.1, 0.15) is 47.1 Å². The zero-order valence-corrected chi connectivity index (χ0v) is 15.7. The number of para-hydroxylation sites is 1. The van der Waals surface area contributed by atoms with Crippen LogP contribution >= 0.6 is 0 Å². The Morgan fingerprint density at radius 1 is 1.21 bits per heavy atom. The van der Waals surface area contributed by atoms with Gasteiger partial charge in [-0.2, -0.15) is 0 Å². The number of halogens is 2. The minimum Gasteiger partial charge on any atom is -0.489 e. The Kier molecular flexibility index (Phi) is 10.2. The van der Waals surface area contributed by atoms with Gasteiger partial charge in [-0.1, -0.05) is 45.9 Å². The molecule has 0 saturated carbocycles. The van der Waals surface area contributed by atoms with Crippen molar-refractivity contribution in [2.45, 2.75) is 54.2 Å². The number of rotatable bonds is 3. The lowest BCUT2D eigenvalue weighted by Crippen LogP contribution is -2.46. The molecule has 138 valence electrons. The topological polar surface area (TPSA) is 29.5 Å². The van der Waals surface area contributed by atoms with E-state index in [0.717, 1.165) is 11.3 Å². The molecule has 0 fully saturated rings. The highest BCUT2D eigenvalue weighted by Crippen LogP contribution is 2.28. The van der Waals surface area contributed by atoms with Crippen LogP contribution in [0.15, 0.2) is 24.3 Å². The predicted molar refractivity (Wildman–Crippen MR) is 94.7 cm³/mol. The molecule has 1 aromatic carbocycles. The van der Waals surface area contributed by atoms with Crippen LogP contribution in [0.4, 0.5) is 8.78 Å². The molecule has 1 aliphatic rings. The Morgan fingerprint density at radius 3 is 2.29 bits per heavy atom. The molecule has 24 heavy (non-hydrogen) atoms. The maximum atomic E-state index is 13.0. The van der Waals surface area contributed by atoms with Crippen LogP contribution in [0, 0.1) is 5.41 Å². The normalized spacial score (nSPS) is 16.3. The van der Waals surface area contributed by atoms with Crippen LogP contribution in [0.2, 0.25) is 0 Å². The molecule has 1 aliphatic heterocycles. The Balaban J connectivity index is 0.00000123. The summed E-state index contributed by atoms with van der Waals surface area (Å²) >= 11 is 0. The number of benzene rings is 1. The molecule has 2 rings (SSSR count). The molecule has 1 aromatic rings. The molecule has 0 aliphatic carbocycles. The van der Waals surface area contributed by atoms with E-state index < -0.39 is 24.7 Å². The molecule has 0 aromatic heterocycles. The molecule has 0 unspecified atom stereocenters. The summed E-state index contributed by atoms with van der Waals surface area (Å²) in [5, 5.41) is 0. The van der Waals surface area contributed by atoms with Gasteiger partial charge in [0.25, 0.3) is 0 Å². The number of carbonyl (C=O) groups excluding carboxylic acids is 1. The SMILES string of the molecule is CC.CC.C[C@H]1CN(C(=O)C(C)(CF)CF)Cc2ccccc2O1. The summed E-state index contributed by atoms with van der Waals surface area (Å²) in [6, 6.07) is 7.40. The average molecular weight is 343 g/mol. The van der Waals surface area contributed by atoms with Crippen molar-refractivity contribution in [1.29, 1.82) is 0 Å². The standard InChI is InChI=1S/C15H19F2NO2.2C2H6/c1-11-7-18(14(19)15(2,9-16)10-17)8-12-5-3-4-6-13(12)20-11;2*1-2/h3-6,11H,7-10H2,1-2H3;2*1-2H3/t11-;;/m0../s1. The molecular weight excluding hydrogens is 312 g/mol. The van der Waals surface area contributed by atoms with Crippen molar-refractivity contribution in [3.05, 3.63) is 29.8 Å². The highest BCUT2D eigenvalue weighted by molar-refractivity contribution is 5.83.